The normalized spacial score (nSPS) is 10.6. The predicted molar refractivity (Wildman–Crippen MR) is 99.7 cm³/mol. The molecule has 3 aromatic rings. The lowest BCUT2D eigenvalue weighted by Crippen LogP contribution is -2.12. The van der Waals surface area contributed by atoms with Gasteiger partial charge in [0.1, 0.15) is 5.75 Å². The quantitative estimate of drug-likeness (QED) is 0.590. The number of carbonyl (C=O) groups excluding carboxylic acids is 1. The molecule has 2 N–H and O–H groups in total. The number of halogens is 1. The number of ether oxygens (including phenoxy) is 3. The van der Waals surface area contributed by atoms with Crippen LogP contribution in [0.5, 0.6) is 17.2 Å². The molecule has 7 nitrogen and oxygen atoms in total. The smallest absolute Gasteiger partial charge is 0.257 e. The second-order valence-electron chi connectivity index (χ2n) is 5.69. The first-order chi connectivity index (χ1) is 13.2. The summed E-state index contributed by atoms with van der Waals surface area (Å²) in [4.78, 5) is 12.6. The Morgan fingerprint density at radius 3 is 2.70 bits per heavy atom. The Hall–Kier alpha value is -3.29. The number of amides is 1. The summed E-state index contributed by atoms with van der Waals surface area (Å²) in [7, 11) is 3.03. The van der Waals surface area contributed by atoms with Crippen molar-refractivity contribution in [3.8, 4) is 17.2 Å². The molecule has 0 aliphatic rings. The summed E-state index contributed by atoms with van der Waals surface area (Å²) in [6.07, 6.45) is 0.326. The third-order valence-electron chi connectivity index (χ3n) is 3.96. The zero-order valence-corrected chi connectivity index (χ0v) is 15.0. The summed E-state index contributed by atoms with van der Waals surface area (Å²) in [5.74, 6) is 1.61. The standard InChI is InChI=1S/C19H20FN3O4/c1-25-16-7-4-12(10-17(16)26-2)19(24)21-18-14-11-13(27-9-3-8-20)5-6-15(14)22-23-18/h4-7,10-11H,3,8-9H2,1-2H3,(H2,21,22,23,24). The molecule has 1 heterocycles. The second kappa shape index (κ2) is 8.39. The van der Waals surface area contributed by atoms with Crippen molar-refractivity contribution >= 4 is 22.6 Å². The molecule has 0 saturated heterocycles. The fourth-order valence-corrected chi connectivity index (χ4v) is 2.58. The molecule has 2 aromatic carbocycles. The van der Waals surface area contributed by atoms with Gasteiger partial charge in [0.25, 0.3) is 5.91 Å². The zero-order valence-electron chi connectivity index (χ0n) is 15.0. The molecule has 0 unspecified atom stereocenters. The Bertz CT molecular complexity index is 942. The number of fused-ring (bicyclic) bond motifs is 1. The van der Waals surface area contributed by atoms with E-state index >= 15 is 0 Å². The Balaban J connectivity index is 1.81. The summed E-state index contributed by atoms with van der Waals surface area (Å²) in [5, 5.41) is 10.5. The van der Waals surface area contributed by atoms with E-state index in [1.54, 1.807) is 36.4 Å². The van der Waals surface area contributed by atoms with Gasteiger partial charge in [-0.05, 0) is 36.4 Å². The van der Waals surface area contributed by atoms with Crippen LogP contribution in [0.4, 0.5) is 10.2 Å². The van der Waals surface area contributed by atoms with Gasteiger partial charge < -0.3 is 19.5 Å². The minimum Gasteiger partial charge on any atom is -0.493 e. The van der Waals surface area contributed by atoms with Gasteiger partial charge in [0.15, 0.2) is 17.3 Å². The van der Waals surface area contributed by atoms with E-state index in [1.807, 2.05) is 0 Å². The molecule has 0 spiro atoms. The zero-order chi connectivity index (χ0) is 19.2. The van der Waals surface area contributed by atoms with Gasteiger partial charge in [0, 0.05) is 17.4 Å². The molecule has 27 heavy (non-hydrogen) atoms. The number of benzene rings is 2. The molecule has 142 valence electrons. The Morgan fingerprint density at radius 1 is 1.15 bits per heavy atom. The maximum absolute atomic E-state index is 12.6. The lowest BCUT2D eigenvalue weighted by Gasteiger charge is -2.09. The Morgan fingerprint density at radius 2 is 1.96 bits per heavy atom. The first kappa shape index (κ1) is 18.5. The number of aromatic nitrogens is 2. The van der Waals surface area contributed by atoms with Crippen molar-refractivity contribution in [3.63, 3.8) is 0 Å². The van der Waals surface area contributed by atoms with Crippen molar-refractivity contribution in [3.05, 3.63) is 42.0 Å². The van der Waals surface area contributed by atoms with Crippen LogP contribution in [0.15, 0.2) is 36.4 Å². The Labute approximate surface area is 155 Å². The van der Waals surface area contributed by atoms with E-state index in [1.165, 1.54) is 14.2 Å². The number of nitrogens with one attached hydrogen (secondary N) is 2. The van der Waals surface area contributed by atoms with Crippen molar-refractivity contribution < 1.29 is 23.4 Å². The van der Waals surface area contributed by atoms with Crippen LogP contribution in [0.2, 0.25) is 0 Å². The fourth-order valence-electron chi connectivity index (χ4n) is 2.58. The van der Waals surface area contributed by atoms with E-state index in [0.717, 1.165) is 5.52 Å². The van der Waals surface area contributed by atoms with Gasteiger partial charge in [-0.1, -0.05) is 0 Å². The average molecular weight is 373 g/mol. The van der Waals surface area contributed by atoms with E-state index in [2.05, 4.69) is 15.5 Å². The largest absolute Gasteiger partial charge is 0.493 e. The summed E-state index contributed by atoms with van der Waals surface area (Å²) < 4.78 is 28.1. The molecule has 0 aliphatic heterocycles. The lowest BCUT2D eigenvalue weighted by atomic mass is 10.2. The molecule has 0 aliphatic carbocycles. The van der Waals surface area contributed by atoms with Crippen LogP contribution in [-0.2, 0) is 0 Å². The van der Waals surface area contributed by atoms with Gasteiger partial charge in [0.2, 0.25) is 0 Å². The lowest BCUT2D eigenvalue weighted by molar-refractivity contribution is 0.102. The van der Waals surface area contributed by atoms with E-state index < -0.39 is 6.67 Å². The molecule has 1 aromatic heterocycles. The highest BCUT2D eigenvalue weighted by atomic mass is 19.1. The van der Waals surface area contributed by atoms with E-state index in [4.69, 9.17) is 14.2 Å². The van der Waals surface area contributed by atoms with Crippen molar-refractivity contribution in [2.75, 3.05) is 32.8 Å². The number of carbonyl (C=O) groups is 1. The topological polar surface area (TPSA) is 85.5 Å². The summed E-state index contributed by atoms with van der Waals surface area (Å²) in [5.41, 5.74) is 1.15. The molecular formula is C19H20FN3O4. The third-order valence-corrected chi connectivity index (χ3v) is 3.96. The monoisotopic (exact) mass is 373 g/mol. The van der Waals surface area contributed by atoms with Crippen LogP contribution < -0.4 is 19.5 Å². The predicted octanol–water partition coefficient (Wildman–Crippen LogP) is 3.57. The highest BCUT2D eigenvalue weighted by molar-refractivity contribution is 6.08. The first-order valence-electron chi connectivity index (χ1n) is 8.36. The van der Waals surface area contributed by atoms with Crippen molar-refractivity contribution in [1.29, 1.82) is 0 Å². The second-order valence-corrected chi connectivity index (χ2v) is 5.69. The number of nitrogens with zero attached hydrogens (tertiary/aromatic N) is 1. The van der Waals surface area contributed by atoms with Gasteiger partial charge in [-0.25, -0.2) is 0 Å². The molecular weight excluding hydrogens is 353 g/mol. The number of aromatic amines is 1. The van der Waals surface area contributed by atoms with Crippen LogP contribution >= 0.6 is 0 Å². The molecule has 8 heteroatoms. The van der Waals surface area contributed by atoms with Gasteiger partial charge in [-0.3, -0.25) is 14.3 Å². The minimum atomic E-state index is -0.430. The van der Waals surface area contributed by atoms with Crippen LogP contribution in [0.25, 0.3) is 10.9 Å². The number of alkyl halides is 1. The van der Waals surface area contributed by atoms with Gasteiger partial charge >= 0.3 is 0 Å². The molecule has 0 saturated carbocycles. The van der Waals surface area contributed by atoms with E-state index in [0.29, 0.717) is 40.4 Å². The number of methoxy groups -OCH3 is 2. The molecule has 0 atom stereocenters. The van der Waals surface area contributed by atoms with E-state index in [-0.39, 0.29) is 12.5 Å². The number of H-pyrrole nitrogens is 1. The number of anilines is 1. The maximum atomic E-state index is 12.6. The van der Waals surface area contributed by atoms with Crippen LogP contribution in [-0.4, -0.2) is 43.6 Å². The number of hydrogen-bond acceptors (Lipinski definition) is 5. The summed E-state index contributed by atoms with van der Waals surface area (Å²) >= 11 is 0. The van der Waals surface area contributed by atoms with Crippen LogP contribution in [0, 0.1) is 0 Å². The number of rotatable bonds is 8. The van der Waals surface area contributed by atoms with E-state index in [9.17, 15) is 9.18 Å². The average Bonchev–Trinajstić information content (AvgIpc) is 3.09. The Kier molecular flexibility index (Phi) is 5.75. The molecule has 0 fully saturated rings. The molecule has 0 radical (unpaired) electrons. The third kappa shape index (κ3) is 4.11. The SMILES string of the molecule is COc1ccc(C(=O)Nc2n[nH]c3ccc(OCCCF)cc23)cc1OC. The van der Waals surface area contributed by atoms with Gasteiger partial charge in [-0.15, -0.1) is 0 Å². The first-order valence-corrected chi connectivity index (χ1v) is 8.36. The summed E-state index contributed by atoms with van der Waals surface area (Å²) in [6, 6.07) is 10.2. The van der Waals surface area contributed by atoms with Crippen LogP contribution in [0.3, 0.4) is 0 Å². The van der Waals surface area contributed by atoms with Crippen molar-refractivity contribution in [1.82, 2.24) is 10.2 Å². The van der Waals surface area contributed by atoms with Crippen molar-refractivity contribution in [2.45, 2.75) is 6.42 Å². The van der Waals surface area contributed by atoms with Crippen LogP contribution in [0.1, 0.15) is 16.8 Å². The number of hydrogen-bond donors (Lipinski definition) is 2. The van der Waals surface area contributed by atoms with Gasteiger partial charge in [-0.2, -0.15) is 5.10 Å². The molecule has 0 bridgehead atoms. The fraction of sp³-hybridized carbons (Fsp3) is 0.263. The summed E-state index contributed by atoms with van der Waals surface area (Å²) in [6.45, 7) is -0.145. The highest BCUT2D eigenvalue weighted by Crippen LogP contribution is 2.29. The molecule has 3 rings (SSSR count). The highest BCUT2D eigenvalue weighted by Gasteiger charge is 2.14. The minimum absolute atomic E-state index is 0.285. The van der Waals surface area contributed by atoms with Crippen molar-refractivity contribution in [2.24, 2.45) is 0 Å². The molecule has 1 amide bonds. The van der Waals surface area contributed by atoms with Gasteiger partial charge in [0.05, 0.1) is 33.0 Å². The maximum Gasteiger partial charge on any atom is 0.257 e.